The molecule has 1 amide bonds. The maximum atomic E-state index is 13.8. The van der Waals surface area contributed by atoms with E-state index in [4.69, 9.17) is 11.6 Å². The van der Waals surface area contributed by atoms with Gasteiger partial charge in [-0.15, -0.1) is 16.4 Å². The van der Waals surface area contributed by atoms with Crippen molar-refractivity contribution in [3.05, 3.63) is 63.7 Å². The number of aromatic nitrogens is 2. The number of carbonyl (C=O) groups excluding carboxylic acids is 1. The van der Waals surface area contributed by atoms with Gasteiger partial charge in [0, 0.05) is 16.5 Å². The number of rotatable bonds is 4. The molecule has 28 heavy (non-hydrogen) atoms. The zero-order valence-corrected chi connectivity index (χ0v) is 16.2. The van der Waals surface area contributed by atoms with Crippen LogP contribution in [-0.4, -0.2) is 26.6 Å². The van der Waals surface area contributed by atoms with E-state index in [0.29, 0.717) is 22.2 Å². The first kappa shape index (κ1) is 18.5. The van der Waals surface area contributed by atoms with Crippen LogP contribution in [0.25, 0.3) is 21.3 Å². The van der Waals surface area contributed by atoms with Crippen LogP contribution in [0.1, 0.15) is 20.7 Å². The summed E-state index contributed by atoms with van der Waals surface area (Å²) in [6, 6.07) is 8.95. The first-order valence-corrected chi connectivity index (χ1v) is 9.81. The first-order valence-electron chi connectivity index (χ1n) is 7.77. The van der Waals surface area contributed by atoms with Crippen LogP contribution < -0.4 is 5.32 Å². The lowest BCUT2D eigenvalue weighted by Gasteiger charge is -2.07. The largest absolute Gasteiger partial charge is 0.478 e. The van der Waals surface area contributed by atoms with Crippen LogP contribution in [0.15, 0.2) is 41.8 Å². The van der Waals surface area contributed by atoms with Gasteiger partial charge in [0.05, 0.1) is 9.72 Å². The predicted molar refractivity (Wildman–Crippen MR) is 107 cm³/mol. The Bertz CT molecular complexity index is 1240. The van der Waals surface area contributed by atoms with Crippen LogP contribution in [0.2, 0.25) is 5.02 Å². The van der Waals surface area contributed by atoms with Gasteiger partial charge in [0.1, 0.15) is 21.9 Å². The molecule has 0 atom stereocenters. The molecule has 0 saturated carbocycles. The van der Waals surface area contributed by atoms with E-state index in [1.807, 2.05) is 0 Å². The van der Waals surface area contributed by atoms with Crippen LogP contribution in [-0.2, 0) is 0 Å². The summed E-state index contributed by atoms with van der Waals surface area (Å²) in [6.07, 6.45) is 0. The van der Waals surface area contributed by atoms with Crippen LogP contribution in [0.3, 0.4) is 0 Å². The highest BCUT2D eigenvalue weighted by atomic mass is 35.5. The average molecular weight is 434 g/mol. The SMILES string of the molecule is O=C(Nc1scc(-c2ccc(Cl)c(F)c2)c1C(=O)O)c1ccc2snnc2c1. The van der Waals surface area contributed by atoms with Crippen molar-refractivity contribution in [1.82, 2.24) is 9.59 Å². The minimum Gasteiger partial charge on any atom is -0.478 e. The molecule has 0 radical (unpaired) electrons. The zero-order valence-electron chi connectivity index (χ0n) is 13.8. The van der Waals surface area contributed by atoms with E-state index in [2.05, 4.69) is 14.9 Å². The number of nitrogens with one attached hydrogen (secondary N) is 1. The second kappa shape index (κ2) is 7.27. The van der Waals surface area contributed by atoms with E-state index < -0.39 is 17.7 Å². The van der Waals surface area contributed by atoms with Crippen molar-refractivity contribution in [1.29, 1.82) is 0 Å². The summed E-state index contributed by atoms with van der Waals surface area (Å²) in [5.74, 6) is -2.37. The maximum Gasteiger partial charge on any atom is 0.339 e. The molecule has 0 aliphatic carbocycles. The molecule has 2 aromatic heterocycles. The van der Waals surface area contributed by atoms with Gasteiger partial charge in [-0.1, -0.05) is 22.2 Å². The number of aromatic carboxylic acids is 1. The van der Waals surface area contributed by atoms with Crippen molar-refractivity contribution < 1.29 is 19.1 Å². The first-order chi connectivity index (χ1) is 13.4. The topological polar surface area (TPSA) is 92.2 Å². The fourth-order valence-electron chi connectivity index (χ4n) is 2.64. The minimum atomic E-state index is -1.24. The summed E-state index contributed by atoms with van der Waals surface area (Å²) >= 11 is 7.95. The highest BCUT2D eigenvalue weighted by Gasteiger charge is 2.22. The van der Waals surface area contributed by atoms with Gasteiger partial charge in [0.15, 0.2) is 0 Å². The Kier molecular flexibility index (Phi) is 4.80. The third-order valence-electron chi connectivity index (χ3n) is 3.97. The van der Waals surface area contributed by atoms with Crippen molar-refractivity contribution in [2.45, 2.75) is 0 Å². The fraction of sp³-hybridized carbons (Fsp3) is 0. The number of carbonyl (C=O) groups is 2. The number of thiophene rings is 1. The van der Waals surface area contributed by atoms with Crippen LogP contribution in [0, 0.1) is 5.82 Å². The van der Waals surface area contributed by atoms with Crippen molar-refractivity contribution in [2.75, 3.05) is 5.32 Å². The second-order valence-electron chi connectivity index (χ2n) is 5.70. The maximum absolute atomic E-state index is 13.8. The van der Waals surface area contributed by atoms with E-state index in [1.165, 1.54) is 23.7 Å². The Morgan fingerprint density at radius 1 is 1.18 bits per heavy atom. The summed E-state index contributed by atoms with van der Waals surface area (Å²) in [4.78, 5) is 24.4. The lowest BCUT2D eigenvalue weighted by molar-refractivity contribution is 0.0699. The predicted octanol–water partition coefficient (Wildman–Crippen LogP) is 5.16. The van der Waals surface area contributed by atoms with E-state index in [0.717, 1.165) is 22.1 Å². The lowest BCUT2D eigenvalue weighted by atomic mass is 10.0. The van der Waals surface area contributed by atoms with E-state index in [-0.39, 0.29) is 15.6 Å². The number of hydrogen-bond acceptors (Lipinski definition) is 6. The smallest absolute Gasteiger partial charge is 0.339 e. The number of benzene rings is 2. The molecule has 2 N–H and O–H groups in total. The molecular weight excluding hydrogens is 425 g/mol. The van der Waals surface area contributed by atoms with Crippen molar-refractivity contribution in [2.24, 2.45) is 0 Å². The van der Waals surface area contributed by atoms with Crippen molar-refractivity contribution in [3.8, 4) is 11.1 Å². The average Bonchev–Trinajstić information content (AvgIpc) is 3.30. The fourth-order valence-corrected chi connectivity index (χ4v) is 4.25. The Balaban J connectivity index is 1.69. The molecule has 0 spiro atoms. The minimum absolute atomic E-state index is 0.0590. The Morgan fingerprint density at radius 2 is 2.00 bits per heavy atom. The third-order valence-corrected chi connectivity index (χ3v) is 5.88. The molecule has 0 aliphatic heterocycles. The van der Waals surface area contributed by atoms with Gasteiger partial charge in [0.2, 0.25) is 0 Å². The molecule has 2 aromatic carbocycles. The Labute approximate surface area is 170 Å². The van der Waals surface area contributed by atoms with Gasteiger partial charge in [0.25, 0.3) is 5.91 Å². The molecule has 6 nitrogen and oxygen atoms in total. The molecule has 0 fully saturated rings. The number of hydrogen-bond donors (Lipinski definition) is 2. The monoisotopic (exact) mass is 433 g/mol. The normalized spacial score (nSPS) is 10.9. The molecule has 0 bridgehead atoms. The second-order valence-corrected chi connectivity index (χ2v) is 7.77. The van der Waals surface area contributed by atoms with Crippen LogP contribution in [0.4, 0.5) is 9.39 Å². The molecule has 0 unspecified atom stereocenters. The van der Waals surface area contributed by atoms with E-state index in [9.17, 15) is 19.1 Å². The Morgan fingerprint density at radius 3 is 2.75 bits per heavy atom. The van der Waals surface area contributed by atoms with Gasteiger partial charge < -0.3 is 10.4 Å². The molecule has 4 rings (SSSR count). The summed E-state index contributed by atoms with van der Waals surface area (Å²) in [5.41, 5.74) is 1.44. The third kappa shape index (κ3) is 3.35. The molecule has 2 heterocycles. The number of carboxylic acid groups (broad SMARTS) is 1. The van der Waals surface area contributed by atoms with E-state index in [1.54, 1.807) is 23.6 Å². The highest BCUT2D eigenvalue weighted by Crippen LogP contribution is 2.37. The molecule has 0 aliphatic rings. The van der Waals surface area contributed by atoms with Crippen molar-refractivity contribution in [3.63, 3.8) is 0 Å². The number of fused-ring (bicyclic) bond motifs is 1. The number of carboxylic acids is 1. The molecule has 10 heteroatoms. The number of halogens is 2. The van der Waals surface area contributed by atoms with Gasteiger partial charge in [-0.2, -0.15) is 0 Å². The van der Waals surface area contributed by atoms with Gasteiger partial charge in [-0.05, 0) is 47.4 Å². The molecule has 4 aromatic rings. The van der Waals surface area contributed by atoms with Gasteiger partial charge in [-0.3, -0.25) is 4.79 Å². The standard InChI is InChI=1S/C18H9ClFN3O3S2/c19-11-3-1-8(5-12(11)20)10-7-27-17(15(10)18(25)26)21-16(24)9-2-4-14-13(6-9)22-23-28-14/h1-7H,(H,21,24)(H,25,26). The van der Waals surface area contributed by atoms with Gasteiger partial charge >= 0.3 is 5.97 Å². The van der Waals surface area contributed by atoms with Crippen molar-refractivity contribution >= 4 is 61.6 Å². The number of nitrogens with zero attached hydrogens (tertiary/aromatic N) is 2. The summed E-state index contributed by atoms with van der Waals surface area (Å²) in [6.45, 7) is 0. The summed E-state index contributed by atoms with van der Waals surface area (Å²) < 4.78 is 18.4. The molecule has 0 saturated heterocycles. The zero-order chi connectivity index (χ0) is 19.8. The molecule has 140 valence electrons. The lowest BCUT2D eigenvalue weighted by Crippen LogP contribution is -2.13. The van der Waals surface area contributed by atoms with Crippen LogP contribution >= 0.6 is 34.5 Å². The Hall–Kier alpha value is -2.88. The van der Waals surface area contributed by atoms with E-state index >= 15 is 0 Å². The highest BCUT2D eigenvalue weighted by molar-refractivity contribution is 7.15. The quantitative estimate of drug-likeness (QED) is 0.463. The summed E-state index contributed by atoms with van der Waals surface area (Å²) in [7, 11) is 0. The van der Waals surface area contributed by atoms with Gasteiger partial charge in [-0.25, -0.2) is 9.18 Å². The number of amides is 1. The number of anilines is 1. The van der Waals surface area contributed by atoms with Crippen LogP contribution in [0.5, 0.6) is 0 Å². The molecular formula is C18H9ClFN3O3S2. The summed E-state index contributed by atoms with van der Waals surface area (Å²) in [5, 5.41) is 17.8.